The van der Waals surface area contributed by atoms with E-state index in [1.165, 1.54) is 5.56 Å². The van der Waals surface area contributed by atoms with Crippen molar-refractivity contribution >= 4 is 12.2 Å². The Balaban J connectivity index is 2.13. The molecule has 0 bridgehead atoms. The second kappa shape index (κ2) is 5.05. The lowest BCUT2D eigenvalue weighted by molar-refractivity contribution is 0.551. The molecule has 5 nitrogen and oxygen atoms in total. The van der Waals surface area contributed by atoms with Crippen molar-refractivity contribution in [3.05, 3.63) is 46.6 Å². The minimum Gasteiger partial charge on any atom is -0.409 e. The lowest BCUT2D eigenvalue weighted by atomic mass is 10.1. The highest BCUT2D eigenvalue weighted by atomic mass is 32.1. The Morgan fingerprint density at radius 3 is 2.85 bits per heavy atom. The maximum atomic E-state index is 5.35. The van der Waals surface area contributed by atoms with Gasteiger partial charge in [0.15, 0.2) is 0 Å². The number of aromatic amines is 1. The van der Waals surface area contributed by atoms with Crippen molar-refractivity contribution in [1.29, 1.82) is 0 Å². The molecule has 0 saturated heterocycles. The van der Waals surface area contributed by atoms with Gasteiger partial charge in [0.05, 0.1) is 23.1 Å². The van der Waals surface area contributed by atoms with Crippen LogP contribution in [0.5, 0.6) is 0 Å². The largest absolute Gasteiger partial charge is 0.409 e. The molecule has 0 unspecified atom stereocenters. The van der Waals surface area contributed by atoms with E-state index < -0.39 is 0 Å². The summed E-state index contributed by atoms with van der Waals surface area (Å²) in [7, 11) is 0. The number of hydrogen-bond acceptors (Lipinski definition) is 4. The zero-order valence-electron chi connectivity index (χ0n) is 11.3. The third-order valence-electron chi connectivity index (χ3n) is 3.28. The van der Waals surface area contributed by atoms with E-state index in [1.807, 2.05) is 23.7 Å². The predicted octanol–water partition coefficient (Wildman–Crippen LogP) is 3.46. The van der Waals surface area contributed by atoms with Gasteiger partial charge in [-0.3, -0.25) is 0 Å². The molecule has 1 aromatic carbocycles. The normalized spacial score (nSPS) is 10.9. The van der Waals surface area contributed by atoms with E-state index in [0.717, 1.165) is 23.4 Å². The van der Waals surface area contributed by atoms with Gasteiger partial charge in [-0.05, 0) is 37.2 Å². The van der Waals surface area contributed by atoms with Crippen molar-refractivity contribution in [3.8, 4) is 17.1 Å². The van der Waals surface area contributed by atoms with Crippen LogP contribution >= 0.6 is 12.2 Å². The van der Waals surface area contributed by atoms with E-state index in [4.69, 9.17) is 16.6 Å². The summed E-state index contributed by atoms with van der Waals surface area (Å²) in [6.45, 7) is 4.12. The number of para-hydroxylation sites is 1. The Hall–Kier alpha value is -2.21. The molecule has 0 fully saturated rings. The number of nitrogens with zero attached hydrogens (tertiary/aromatic N) is 3. The van der Waals surface area contributed by atoms with Crippen LogP contribution < -0.4 is 0 Å². The SMILES string of the molecule is CCc1ccccc1-n1ncc(-c2n[nH]c(=S)o2)c1C. The molecule has 1 N–H and O–H groups in total. The lowest BCUT2D eigenvalue weighted by Gasteiger charge is -2.09. The van der Waals surface area contributed by atoms with E-state index in [9.17, 15) is 0 Å². The van der Waals surface area contributed by atoms with Crippen LogP contribution in [0.15, 0.2) is 34.9 Å². The predicted molar refractivity (Wildman–Crippen MR) is 78.4 cm³/mol. The molecule has 20 heavy (non-hydrogen) atoms. The Kier molecular flexibility index (Phi) is 3.23. The molecule has 102 valence electrons. The summed E-state index contributed by atoms with van der Waals surface area (Å²) >= 11 is 4.90. The third-order valence-corrected chi connectivity index (χ3v) is 3.45. The molecule has 3 rings (SSSR count). The monoisotopic (exact) mass is 286 g/mol. The molecule has 0 spiro atoms. The van der Waals surface area contributed by atoms with Crippen LogP contribution in [-0.4, -0.2) is 20.0 Å². The Bertz CT molecular complexity index is 799. The zero-order valence-corrected chi connectivity index (χ0v) is 12.1. The molecule has 2 heterocycles. The highest BCUT2D eigenvalue weighted by Gasteiger charge is 2.15. The van der Waals surface area contributed by atoms with Crippen LogP contribution in [0.4, 0.5) is 0 Å². The molecule has 0 aliphatic rings. The van der Waals surface area contributed by atoms with E-state index in [0.29, 0.717) is 5.89 Å². The number of H-pyrrole nitrogens is 1. The topological polar surface area (TPSA) is 59.6 Å². The highest BCUT2D eigenvalue weighted by molar-refractivity contribution is 7.71. The fraction of sp³-hybridized carbons (Fsp3) is 0.214. The number of benzene rings is 1. The standard InChI is InChI=1S/C14H14N4OS/c1-3-10-6-4-5-7-12(10)18-9(2)11(8-15-18)13-16-17-14(20)19-13/h4-8H,3H2,1-2H3,(H,17,20). The first-order chi connectivity index (χ1) is 9.70. The van der Waals surface area contributed by atoms with E-state index in [1.54, 1.807) is 6.20 Å². The zero-order chi connectivity index (χ0) is 14.1. The Morgan fingerprint density at radius 1 is 1.35 bits per heavy atom. The number of aryl methyl sites for hydroxylation is 1. The fourth-order valence-corrected chi connectivity index (χ4v) is 2.35. The second-order valence-electron chi connectivity index (χ2n) is 4.46. The van der Waals surface area contributed by atoms with Gasteiger partial charge in [0.2, 0.25) is 5.89 Å². The molecule has 0 aliphatic carbocycles. The maximum Gasteiger partial charge on any atom is 0.284 e. The lowest BCUT2D eigenvalue weighted by Crippen LogP contribution is -2.02. The quantitative estimate of drug-likeness (QED) is 0.749. The van der Waals surface area contributed by atoms with Gasteiger partial charge < -0.3 is 4.42 Å². The molecule has 0 saturated carbocycles. The molecule has 0 amide bonds. The van der Waals surface area contributed by atoms with Crippen molar-refractivity contribution in [1.82, 2.24) is 20.0 Å². The van der Waals surface area contributed by atoms with Gasteiger partial charge in [0, 0.05) is 0 Å². The van der Waals surface area contributed by atoms with Crippen molar-refractivity contribution < 1.29 is 4.42 Å². The maximum absolute atomic E-state index is 5.35. The van der Waals surface area contributed by atoms with Crippen LogP contribution in [0.25, 0.3) is 17.1 Å². The van der Waals surface area contributed by atoms with E-state index >= 15 is 0 Å². The minimum atomic E-state index is 0.265. The van der Waals surface area contributed by atoms with Gasteiger partial charge in [-0.25, -0.2) is 9.78 Å². The van der Waals surface area contributed by atoms with Crippen LogP contribution in [0, 0.1) is 11.8 Å². The summed E-state index contributed by atoms with van der Waals surface area (Å²) in [5, 5.41) is 11.1. The summed E-state index contributed by atoms with van der Waals surface area (Å²) in [4.78, 5) is 0.265. The Morgan fingerprint density at radius 2 is 2.15 bits per heavy atom. The van der Waals surface area contributed by atoms with Crippen LogP contribution in [0.3, 0.4) is 0 Å². The van der Waals surface area contributed by atoms with Crippen molar-refractivity contribution in [2.24, 2.45) is 0 Å². The molecule has 0 atom stereocenters. The van der Waals surface area contributed by atoms with Gasteiger partial charge in [0.1, 0.15) is 0 Å². The minimum absolute atomic E-state index is 0.265. The van der Waals surface area contributed by atoms with Crippen molar-refractivity contribution in [3.63, 3.8) is 0 Å². The van der Waals surface area contributed by atoms with E-state index in [2.05, 4.69) is 34.4 Å². The number of rotatable bonds is 3. The fourth-order valence-electron chi connectivity index (χ4n) is 2.22. The third kappa shape index (κ3) is 2.08. The summed E-state index contributed by atoms with van der Waals surface area (Å²) < 4.78 is 7.26. The highest BCUT2D eigenvalue weighted by Crippen LogP contribution is 2.24. The first kappa shape index (κ1) is 12.8. The first-order valence-corrected chi connectivity index (χ1v) is 6.80. The van der Waals surface area contributed by atoms with Crippen LogP contribution in [0.1, 0.15) is 18.2 Å². The molecular weight excluding hydrogens is 272 g/mol. The number of hydrogen-bond donors (Lipinski definition) is 1. The van der Waals surface area contributed by atoms with E-state index in [-0.39, 0.29) is 4.84 Å². The van der Waals surface area contributed by atoms with Gasteiger partial charge in [0.25, 0.3) is 4.84 Å². The second-order valence-corrected chi connectivity index (χ2v) is 4.83. The summed E-state index contributed by atoms with van der Waals surface area (Å²) in [6, 6.07) is 8.21. The molecule has 6 heteroatoms. The van der Waals surface area contributed by atoms with Crippen molar-refractivity contribution in [2.75, 3.05) is 0 Å². The first-order valence-electron chi connectivity index (χ1n) is 6.39. The van der Waals surface area contributed by atoms with Crippen LogP contribution in [0.2, 0.25) is 0 Å². The molecule has 2 aromatic heterocycles. The average Bonchev–Trinajstić information content (AvgIpc) is 3.05. The molecular formula is C14H14N4OS. The van der Waals surface area contributed by atoms with Crippen LogP contribution in [-0.2, 0) is 6.42 Å². The number of aromatic nitrogens is 4. The molecule has 3 aromatic rings. The molecule has 0 radical (unpaired) electrons. The summed E-state index contributed by atoms with van der Waals surface area (Å²) in [5.41, 5.74) is 4.13. The van der Waals surface area contributed by atoms with Gasteiger partial charge in [-0.2, -0.15) is 5.10 Å². The smallest absolute Gasteiger partial charge is 0.284 e. The molecule has 0 aliphatic heterocycles. The van der Waals surface area contributed by atoms with Gasteiger partial charge in [-0.15, -0.1) is 5.10 Å². The summed E-state index contributed by atoms with van der Waals surface area (Å²) in [6.07, 6.45) is 2.70. The Labute approximate surface area is 121 Å². The number of nitrogens with one attached hydrogen (secondary N) is 1. The van der Waals surface area contributed by atoms with Gasteiger partial charge >= 0.3 is 0 Å². The average molecular weight is 286 g/mol. The van der Waals surface area contributed by atoms with Gasteiger partial charge in [-0.1, -0.05) is 25.1 Å². The van der Waals surface area contributed by atoms with Crippen molar-refractivity contribution in [2.45, 2.75) is 20.3 Å². The summed E-state index contributed by atoms with van der Waals surface area (Å²) in [5.74, 6) is 0.465.